The Hall–Kier alpha value is -1.51. The topological polar surface area (TPSA) is 83.7 Å². The molecule has 0 bridgehead atoms. The van der Waals surface area contributed by atoms with Gasteiger partial charge >= 0.3 is 0 Å². The van der Waals surface area contributed by atoms with Gasteiger partial charge in [0.2, 0.25) is 0 Å². The zero-order chi connectivity index (χ0) is 14.9. The van der Waals surface area contributed by atoms with Gasteiger partial charge in [-0.2, -0.15) is 12.7 Å². The number of nitrogens with two attached hydrogens (primary N) is 1. The van der Waals surface area contributed by atoms with Crippen molar-refractivity contribution in [3.05, 3.63) is 35.1 Å². The van der Waals surface area contributed by atoms with E-state index in [0.29, 0.717) is 11.1 Å². The molecule has 1 aromatic carbocycles. The van der Waals surface area contributed by atoms with Crippen molar-refractivity contribution in [2.45, 2.75) is 6.92 Å². The first-order valence-corrected chi connectivity index (χ1v) is 7.62. The summed E-state index contributed by atoms with van der Waals surface area (Å²) in [5.74, 6) is -0.766. The van der Waals surface area contributed by atoms with Gasteiger partial charge in [0.1, 0.15) is 5.82 Å². The predicted molar refractivity (Wildman–Crippen MR) is 71.7 cm³/mol. The molecule has 1 aromatic rings. The largest absolute Gasteiger partial charge is 0.336 e. The van der Waals surface area contributed by atoms with Crippen LogP contribution < -0.4 is 5.14 Å². The van der Waals surface area contributed by atoms with E-state index in [1.807, 2.05) is 0 Å². The molecule has 2 N–H and O–H groups in total. The monoisotopic (exact) mass is 301 g/mol. The molecule has 0 aromatic heterocycles. The number of nitrogens with zero attached hydrogens (tertiary/aromatic N) is 2. The van der Waals surface area contributed by atoms with Gasteiger partial charge in [-0.05, 0) is 24.6 Å². The number of rotatable bonds is 2. The molecule has 0 atom stereocenters. The predicted octanol–water partition coefficient (Wildman–Crippen LogP) is 0.0954. The van der Waals surface area contributed by atoms with Gasteiger partial charge in [0, 0.05) is 31.7 Å². The minimum atomic E-state index is -3.72. The zero-order valence-corrected chi connectivity index (χ0v) is 11.9. The van der Waals surface area contributed by atoms with Crippen LogP contribution in [0.1, 0.15) is 15.9 Å². The third-order valence-electron chi connectivity index (χ3n) is 3.32. The summed E-state index contributed by atoms with van der Waals surface area (Å²) in [6.07, 6.45) is 0. The summed E-state index contributed by atoms with van der Waals surface area (Å²) in [4.78, 5) is 13.8. The van der Waals surface area contributed by atoms with Gasteiger partial charge in [0.05, 0.1) is 0 Å². The summed E-state index contributed by atoms with van der Waals surface area (Å²) >= 11 is 0. The van der Waals surface area contributed by atoms with Crippen LogP contribution in [-0.4, -0.2) is 49.7 Å². The molecular weight excluding hydrogens is 285 g/mol. The molecule has 1 amide bonds. The third kappa shape index (κ3) is 3.14. The lowest BCUT2D eigenvalue weighted by atomic mass is 10.1. The Labute approximate surface area is 117 Å². The van der Waals surface area contributed by atoms with Crippen molar-refractivity contribution in [3.8, 4) is 0 Å². The Bertz CT molecular complexity index is 625. The van der Waals surface area contributed by atoms with E-state index in [2.05, 4.69) is 0 Å². The third-order valence-corrected chi connectivity index (χ3v) is 4.40. The number of aryl methyl sites for hydroxylation is 1. The minimum Gasteiger partial charge on any atom is -0.336 e. The number of piperazine rings is 1. The number of halogens is 1. The maximum Gasteiger partial charge on any atom is 0.277 e. The highest BCUT2D eigenvalue weighted by Gasteiger charge is 2.27. The summed E-state index contributed by atoms with van der Waals surface area (Å²) in [6, 6.07) is 4.04. The molecule has 0 aliphatic carbocycles. The zero-order valence-electron chi connectivity index (χ0n) is 11.0. The maximum atomic E-state index is 13.2. The van der Waals surface area contributed by atoms with E-state index in [0.717, 1.165) is 4.31 Å². The lowest BCUT2D eigenvalue weighted by molar-refractivity contribution is 0.0696. The smallest absolute Gasteiger partial charge is 0.277 e. The highest BCUT2D eigenvalue weighted by Crippen LogP contribution is 2.15. The van der Waals surface area contributed by atoms with Crippen LogP contribution in [-0.2, 0) is 10.2 Å². The van der Waals surface area contributed by atoms with Gasteiger partial charge < -0.3 is 4.90 Å². The van der Waals surface area contributed by atoms with Crippen molar-refractivity contribution >= 4 is 16.1 Å². The molecule has 0 spiro atoms. The molecular formula is C12H16FN3O3S. The van der Waals surface area contributed by atoms with Crippen LogP contribution in [0.5, 0.6) is 0 Å². The fourth-order valence-corrected chi connectivity index (χ4v) is 2.81. The standard InChI is InChI=1S/C12H16FN3O3S/c1-9-2-3-10(13)8-11(9)12(17)15-4-6-16(7-5-15)20(14,18)19/h2-3,8H,4-7H2,1H3,(H2,14,18,19). The van der Waals surface area contributed by atoms with Crippen molar-refractivity contribution in [3.63, 3.8) is 0 Å². The van der Waals surface area contributed by atoms with Gasteiger partial charge in [-0.15, -0.1) is 0 Å². The van der Waals surface area contributed by atoms with Gasteiger partial charge in [-0.3, -0.25) is 4.79 Å². The summed E-state index contributed by atoms with van der Waals surface area (Å²) in [5.41, 5.74) is 0.985. The summed E-state index contributed by atoms with van der Waals surface area (Å²) in [6.45, 7) is 2.52. The van der Waals surface area contributed by atoms with E-state index in [1.54, 1.807) is 13.0 Å². The number of benzene rings is 1. The second-order valence-corrected chi connectivity index (χ2v) is 6.24. The molecule has 6 nitrogen and oxygen atoms in total. The van der Waals surface area contributed by atoms with Crippen LogP contribution >= 0.6 is 0 Å². The highest BCUT2D eigenvalue weighted by molar-refractivity contribution is 7.86. The van der Waals surface area contributed by atoms with E-state index in [-0.39, 0.29) is 32.1 Å². The number of carbonyl (C=O) groups is 1. The number of hydrogen-bond donors (Lipinski definition) is 1. The quantitative estimate of drug-likeness (QED) is 0.840. The van der Waals surface area contributed by atoms with Crippen molar-refractivity contribution in [1.82, 2.24) is 9.21 Å². The second kappa shape index (κ2) is 5.47. The van der Waals surface area contributed by atoms with E-state index in [9.17, 15) is 17.6 Å². The fraction of sp³-hybridized carbons (Fsp3) is 0.417. The summed E-state index contributed by atoms with van der Waals surface area (Å²) in [7, 11) is -3.72. The van der Waals surface area contributed by atoms with Gasteiger partial charge in [-0.1, -0.05) is 6.07 Å². The minimum absolute atomic E-state index is 0.152. The van der Waals surface area contributed by atoms with Crippen LogP contribution in [0, 0.1) is 12.7 Å². The van der Waals surface area contributed by atoms with E-state index < -0.39 is 16.0 Å². The summed E-state index contributed by atoms with van der Waals surface area (Å²) < 4.78 is 36.7. The Morgan fingerprint density at radius 1 is 1.25 bits per heavy atom. The number of hydrogen-bond acceptors (Lipinski definition) is 3. The van der Waals surface area contributed by atoms with Crippen LogP contribution in [0.25, 0.3) is 0 Å². The molecule has 0 radical (unpaired) electrons. The normalized spacial score (nSPS) is 17.2. The second-order valence-electron chi connectivity index (χ2n) is 4.70. The molecule has 1 heterocycles. The number of carbonyl (C=O) groups excluding carboxylic acids is 1. The Morgan fingerprint density at radius 2 is 1.85 bits per heavy atom. The highest BCUT2D eigenvalue weighted by atomic mass is 32.2. The first-order chi connectivity index (χ1) is 9.29. The lowest BCUT2D eigenvalue weighted by Crippen LogP contribution is -2.52. The SMILES string of the molecule is Cc1ccc(F)cc1C(=O)N1CCN(S(N)(=O)=O)CC1. The molecule has 8 heteroatoms. The van der Waals surface area contributed by atoms with Crippen LogP contribution in [0.2, 0.25) is 0 Å². The molecule has 20 heavy (non-hydrogen) atoms. The average molecular weight is 301 g/mol. The molecule has 1 fully saturated rings. The van der Waals surface area contributed by atoms with Crippen molar-refractivity contribution in [2.24, 2.45) is 5.14 Å². The Kier molecular flexibility index (Phi) is 4.07. The number of amides is 1. The fourth-order valence-electron chi connectivity index (χ4n) is 2.14. The van der Waals surface area contributed by atoms with Crippen LogP contribution in [0.4, 0.5) is 4.39 Å². The van der Waals surface area contributed by atoms with E-state index in [1.165, 1.54) is 17.0 Å². The molecule has 1 aliphatic heterocycles. The van der Waals surface area contributed by atoms with Gasteiger partial charge in [-0.25, -0.2) is 9.53 Å². The Morgan fingerprint density at radius 3 is 2.40 bits per heavy atom. The van der Waals surface area contributed by atoms with Crippen LogP contribution in [0.15, 0.2) is 18.2 Å². The van der Waals surface area contributed by atoms with Crippen molar-refractivity contribution in [2.75, 3.05) is 26.2 Å². The van der Waals surface area contributed by atoms with Crippen LogP contribution in [0.3, 0.4) is 0 Å². The van der Waals surface area contributed by atoms with E-state index >= 15 is 0 Å². The molecule has 1 aliphatic rings. The first kappa shape index (κ1) is 14.9. The molecule has 0 saturated carbocycles. The maximum absolute atomic E-state index is 13.2. The van der Waals surface area contributed by atoms with E-state index in [4.69, 9.17) is 5.14 Å². The molecule has 2 rings (SSSR count). The van der Waals surface area contributed by atoms with Crippen molar-refractivity contribution < 1.29 is 17.6 Å². The van der Waals surface area contributed by atoms with Gasteiger partial charge in [0.15, 0.2) is 0 Å². The Balaban J connectivity index is 2.11. The van der Waals surface area contributed by atoms with Crippen molar-refractivity contribution in [1.29, 1.82) is 0 Å². The van der Waals surface area contributed by atoms with Gasteiger partial charge in [0.25, 0.3) is 16.1 Å². The molecule has 1 saturated heterocycles. The molecule has 110 valence electrons. The lowest BCUT2D eigenvalue weighted by Gasteiger charge is -2.33. The molecule has 0 unspecified atom stereocenters. The average Bonchev–Trinajstić information content (AvgIpc) is 2.40. The first-order valence-electron chi connectivity index (χ1n) is 6.12. The summed E-state index contributed by atoms with van der Waals surface area (Å²) in [5, 5.41) is 5.03.